The van der Waals surface area contributed by atoms with Crippen molar-refractivity contribution in [1.29, 1.82) is 0 Å². The lowest BCUT2D eigenvalue weighted by Crippen LogP contribution is -2.50. The molecule has 2 rings (SSSR count). The number of carbonyl (C=O) groups is 1. The van der Waals surface area contributed by atoms with Gasteiger partial charge in [-0.15, -0.1) is 0 Å². The highest BCUT2D eigenvalue weighted by molar-refractivity contribution is 5.73. The van der Waals surface area contributed by atoms with Gasteiger partial charge < -0.3 is 15.1 Å². The van der Waals surface area contributed by atoms with Crippen LogP contribution in [0.25, 0.3) is 0 Å². The van der Waals surface area contributed by atoms with E-state index >= 15 is 0 Å². The molecule has 1 aliphatic heterocycles. The van der Waals surface area contributed by atoms with Crippen molar-refractivity contribution in [3.8, 4) is 0 Å². The molecule has 1 aromatic carbocycles. The van der Waals surface area contributed by atoms with Gasteiger partial charge in [0.15, 0.2) is 11.6 Å². The predicted molar refractivity (Wildman–Crippen MR) is 81.7 cm³/mol. The van der Waals surface area contributed by atoms with E-state index in [1.54, 1.807) is 20.2 Å². The summed E-state index contributed by atoms with van der Waals surface area (Å²) in [5.74, 6) is -1.61. The fraction of sp³-hybridized carbons (Fsp3) is 0.562. The van der Waals surface area contributed by atoms with Crippen molar-refractivity contribution in [1.82, 2.24) is 15.1 Å². The van der Waals surface area contributed by atoms with E-state index in [0.717, 1.165) is 38.0 Å². The van der Waals surface area contributed by atoms with E-state index < -0.39 is 11.6 Å². The molecule has 0 saturated carbocycles. The van der Waals surface area contributed by atoms with Crippen molar-refractivity contribution in [2.75, 3.05) is 33.7 Å². The molecule has 0 radical (unpaired) electrons. The molecule has 1 aliphatic rings. The van der Waals surface area contributed by atoms with Crippen molar-refractivity contribution in [3.05, 3.63) is 35.4 Å². The molecule has 4 nitrogen and oxygen atoms in total. The maximum atomic E-state index is 13.2. The molecule has 1 fully saturated rings. The molecule has 6 heteroatoms. The highest BCUT2D eigenvalue weighted by atomic mass is 19.2. The largest absolute Gasteiger partial charge is 0.334 e. The Bertz CT molecular complexity index is 522. The fourth-order valence-corrected chi connectivity index (χ4v) is 2.66. The Morgan fingerprint density at radius 3 is 2.82 bits per heavy atom. The highest BCUT2D eigenvalue weighted by Gasteiger charge is 2.21. The van der Waals surface area contributed by atoms with Gasteiger partial charge in [-0.05, 0) is 43.5 Å². The molecule has 22 heavy (non-hydrogen) atoms. The Labute approximate surface area is 130 Å². The summed E-state index contributed by atoms with van der Waals surface area (Å²) in [6.07, 6.45) is 2.67. The second-order valence-corrected chi connectivity index (χ2v) is 5.98. The number of carbonyl (C=O) groups excluding carboxylic acids is 1. The third-order valence-corrected chi connectivity index (χ3v) is 3.94. The van der Waals surface area contributed by atoms with Crippen LogP contribution in [0.3, 0.4) is 0 Å². The summed E-state index contributed by atoms with van der Waals surface area (Å²) < 4.78 is 26.1. The second kappa shape index (κ2) is 7.54. The van der Waals surface area contributed by atoms with Crippen LogP contribution in [0.4, 0.5) is 13.6 Å². The van der Waals surface area contributed by atoms with Crippen molar-refractivity contribution >= 4 is 6.03 Å². The van der Waals surface area contributed by atoms with Crippen LogP contribution in [0.2, 0.25) is 0 Å². The van der Waals surface area contributed by atoms with Gasteiger partial charge in [0.05, 0.1) is 0 Å². The van der Waals surface area contributed by atoms with Crippen molar-refractivity contribution in [2.24, 2.45) is 0 Å². The summed E-state index contributed by atoms with van der Waals surface area (Å²) in [6.45, 7) is 2.54. The first-order valence-electron chi connectivity index (χ1n) is 7.60. The second-order valence-electron chi connectivity index (χ2n) is 5.98. The number of nitrogens with one attached hydrogen (secondary N) is 1. The zero-order valence-corrected chi connectivity index (χ0v) is 13.1. The van der Waals surface area contributed by atoms with E-state index in [-0.39, 0.29) is 12.1 Å². The lowest BCUT2D eigenvalue weighted by atomic mass is 10.0. The lowest BCUT2D eigenvalue weighted by Gasteiger charge is -2.33. The molecule has 1 N–H and O–H groups in total. The van der Waals surface area contributed by atoms with Crippen LogP contribution >= 0.6 is 0 Å². The number of piperidine rings is 1. The predicted octanol–water partition coefficient (Wildman–Crippen LogP) is 2.24. The summed E-state index contributed by atoms with van der Waals surface area (Å²) in [5, 5.41) is 3.00. The average molecular weight is 311 g/mol. The number of rotatable bonds is 4. The molecule has 1 aromatic rings. The quantitative estimate of drug-likeness (QED) is 0.926. The Balaban J connectivity index is 1.82. The first-order valence-corrected chi connectivity index (χ1v) is 7.60. The van der Waals surface area contributed by atoms with Crippen LogP contribution < -0.4 is 5.32 Å². The van der Waals surface area contributed by atoms with Crippen molar-refractivity contribution < 1.29 is 13.6 Å². The first-order chi connectivity index (χ1) is 10.5. The van der Waals surface area contributed by atoms with E-state index in [9.17, 15) is 13.6 Å². The molecule has 1 saturated heterocycles. The first kappa shape index (κ1) is 16.7. The maximum Gasteiger partial charge on any atom is 0.317 e. The molecule has 0 spiro atoms. The molecular formula is C16H23F2N3O. The molecular weight excluding hydrogens is 288 g/mol. The average Bonchev–Trinajstić information content (AvgIpc) is 2.49. The van der Waals surface area contributed by atoms with E-state index in [0.29, 0.717) is 6.42 Å². The Morgan fingerprint density at radius 2 is 2.14 bits per heavy atom. The van der Waals surface area contributed by atoms with Gasteiger partial charge in [0.2, 0.25) is 0 Å². The van der Waals surface area contributed by atoms with Crippen molar-refractivity contribution in [2.45, 2.75) is 25.3 Å². The number of hydrogen-bond donors (Lipinski definition) is 1. The number of hydrogen-bond acceptors (Lipinski definition) is 2. The van der Waals surface area contributed by atoms with Crippen LogP contribution in [0.5, 0.6) is 0 Å². The molecule has 1 heterocycles. The minimum Gasteiger partial charge on any atom is -0.334 e. The monoisotopic (exact) mass is 311 g/mol. The smallest absolute Gasteiger partial charge is 0.317 e. The van der Waals surface area contributed by atoms with E-state index in [4.69, 9.17) is 0 Å². The summed E-state index contributed by atoms with van der Waals surface area (Å²) in [6, 6.07) is 4.11. The van der Waals surface area contributed by atoms with E-state index in [2.05, 4.69) is 10.2 Å². The lowest BCUT2D eigenvalue weighted by molar-refractivity contribution is 0.177. The zero-order valence-electron chi connectivity index (χ0n) is 13.1. The molecule has 1 atom stereocenters. The molecule has 1 unspecified atom stereocenters. The number of amides is 2. The number of nitrogens with zero attached hydrogens (tertiary/aromatic N) is 2. The Morgan fingerprint density at radius 1 is 1.36 bits per heavy atom. The minimum absolute atomic E-state index is 0.0764. The van der Waals surface area contributed by atoms with Gasteiger partial charge in [0.1, 0.15) is 0 Å². The van der Waals surface area contributed by atoms with Gasteiger partial charge in [-0.3, -0.25) is 0 Å². The van der Waals surface area contributed by atoms with Gasteiger partial charge in [0, 0.05) is 33.2 Å². The fourth-order valence-electron chi connectivity index (χ4n) is 2.66. The van der Waals surface area contributed by atoms with Gasteiger partial charge >= 0.3 is 6.03 Å². The number of halogens is 2. The van der Waals surface area contributed by atoms with Crippen LogP contribution in [0.15, 0.2) is 18.2 Å². The Kier molecular flexibility index (Phi) is 5.71. The number of benzene rings is 1. The third-order valence-electron chi connectivity index (χ3n) is 3.94. The topological polar surface area (TPSA) is 35.6 Å². The SMILES string of the molecule is CN(C)C(=O)NC1CCCN(CCc2ccc(F)c(F)c2)C1. The van der Waals surface area contributed by atoms with Crippen LogP contribution in [-0.4, -0.2) is 55.6 Å². The summed E-state index contributed by atoms with van der Waals surface area (Å²) in [7, 11) is 3.44. The highest BCUT2D eigenvalue weighted by Crippen LogP contribution is 2.13. The molecule has 0 bridgehead atoms. The standard InChI is InChI=1S/C16H23F2N3O/c1-20(2)16(22)19-13-4-3-8-21(11-13)9-7-12-5-6-14(17)15(18)10-12/h5-6,10,13H,3-4,7-9,11H2,1-2H3,(H,19,22). The van der Waals surface area contributed by atoms with Gasteiger partial charge in [-0.2, -0.15) is 0 Å². The van der Waals surface area contributed by atoms with Gasteiger partial charge in [0.25, 0.3) is 0 Å². The van der Waals surface area contributed by atoms with Crippen LogP contribution in [0.1, 0.15) is 18.4 Å². The molecule has 2 amide bonds. The van der Waals surface area contributed by atoms with E-state index in [1.165, 1.54) is 17.0 Å². The third kappa shape index (κ3) is 4.66. The maximum absolute atomic E-state index is 13.2. The van der Waals surface area contributed by atoms with Crippen LogP contribution in [0, 0.1) is 11.6 Å². The summed E-state index contributed by atoms with van der Waals surface area (Å²) in [5.41, 5.74) is 0.790. The van der Waals surface area contributed by atoms with Crippen LogP contribution in [-0.2, 0) is 6.42 Å². The Hall–Kier alpha value is -1.69. The zero-order chi connectivity index (χ0) is 16.1. The summed E-state index contributed by atoms with van der Waals surface area (Å²) >= 11 is 0. The van der Waals surface area contributed by atoms with Gasteiger partial charge in [-0.25, -0.2) is 13.6 Å². The van der Waals surface area contributed by atoms with E-state index in [1.807, 2.05) is 0 Å². The van der Waals surface area contributed by atoms with Gasteiger partial charge in [-0.1, -0.05) is 6.07 Å². The molecule has 122 valence electrons. The summed E-state index contributed by atoms with van der Waals surface area (Å²) in [4.78, 5) is 15.5. The number of urea groups is 1. The molecule has 0 aromatic heterocycles. The normalized spacial score (nSPS) is 19.0. The molecule has 0 aliphatic carbocycles. The minimum atomic E-state index is -0.812. The number of likely N-dealkylation sites (tertiary alicyclic amines) is 1. The van der Waals surface area contributed by atoms with Crippen molar-refractivity contribution in [3.63, 3.8) is 0 Å².